The smallest absolute Gasteiger partial charge is 0.274 e. The Bertz CT molecular complexity index is 604. The Labute approximate surface area is 119 Å². The largest absolute Gasteiger partial charge is 0.303 e. The molecule has 1 N–H and O–H groups in total. The minimum Gasteiger partial charge on any atom is -0.274 e. The first-order valence-electron chi connectivity index (χ1n) is 6.63. The average molecular weight is 300 g/mol. The third-order valence-corrected chi connectivity index (χ3v) is 4.87. The average Bonchev–Trinajstić information content (AvgIpc) is 2.52. The highest BCUT2D eigenvalue weighted by atomic mass is 32.2. The van der Waals surface area contributed by atoms with Gasteiger partial charge in [-0.25, -0.2) is 4.72 Å². The molecule has 1 fully saturated rings. The number of rotatable bonds is 5. The van der Waals surface area contributed by atoms with Crippen molar-refractivity contribution in [1.82, 2.24) is 18.8 Å². The molecule has 1 aromatic heterocycles. The molecule has 8 heteroatoms. The topological polar surface area (TPSA) is 84.3 Å². The highest BCUT2D eigenvalue weighted by Crippen LogP contribution is 2.15. The molecule has 0 aromatic carbocycles. The van der Waals surface area contributed by atoms with Crippen molar-refractivity contribution in [3.05, 3.63) is 17.5 Å². The fraction of sp³-hybridized carbons (Fsp3) is 0.667. The van der Waals surface area contributed by atoms with E-state index in [9.17, 15) is 13.2 Å². The molecule has 0 aliphatic carbocycles. The van der Waals surface area contributed by atoms with Crippen LogP contribution in [0, 0.1) is 13.8 Å². The zero-order chi connectivity index (χ0) is 14.9. The Morgan fingerprint density at radius 3 is 2.55 bits per heavy atom. The van der Waals surface area contributed by atoms with Crippen molar-refractivity contribution in [2.75, 3.05) is 13.1 Å². The van der Waals surface area contributed by atoms with Gasteiger partial charge < -0.3 is 0 Å². The molecule has 7 nitrogen and oxygen atoms in total. The first kappa shape index (κ1) is 15.0. The summed E-state index contributed by atoms with van der Waals surface area (Å²) in [5.74, 6) is -0.503. The number of hydrogen-bond donors (Lipinski definition) is 1. The molecule has 112 valence electrons. The summed E-state index contributed by atoms with van der Waals surface area (Å²) in [6.45, 7) is 6.59. The lowest BCUT2D eigenvalue weighted by Crippen LogP contribution is -2.50. The van der Waals surface area contributed by atoms with Crippen LogP contribution in [0.25, 0.3) is 0 Å². The number of aromatic nitrogens is 2. The fourth-order valence-electron chi connectivity index (χ4n) is 2.22. The van der Waals surface area contributed by atoms with Crippen molar-refractivity contribution in [3.63, 3.8) is 0 Å². The Balaban J connectivity index is 1.96. The predicted molar refractivity (Wildman–Crippen MR) is 74.3 cm³/mol. The summed E-state index contributed by atoms with van der Waals surface area (Å²) in [6, 6.07) is 1.74. The summed E-state index contributed by atoms with van der Waals surface area (Å²) < 4.78 is 28.7. The van der Waals surface area contributed by atoms with Crippen molar-refractivity contribution in [3.8, 4) is 0 Å². The molecule has 0 spiro atoms. The quantitative estimate of drug-likeness (QED) is 0.859. The van der Waals surface area contributed by atoms with Gasteiger partial charge >= 0.3 is 10.2 Å². The fourth-order valence-corrected chi connectivity index (χ4v) is 3.46. The van der Waals surface area contributed by atoms with E-state index in [1.165, 1.54) is 4.31 Å². The van der Waals surface area contributed by atoms with Gasteiger partial charge in [-0.05, 0) is 33.3 Å². The van der Waals surface area contributed by atoms with Crippen LogP contribution in [-0.2, 0) is 15.0 Å². The van der Waals surface area contributed by atoms with Crippen molar-refractivity contribution in [2.24, 2.45) is 0 Å². The first-order chi connectivity index (χ1) is 9.29. The second-order valence-electron chi connectivity index (χ2n) is 5.21. The van der Waals surface area contributed by atoms with Gasteiger partial charge in [-0.3, -0.25) is 9.48 Å². The molecule has 1 aliphatic rings. The number of hydrogen-bond acceptors (Lipinski definition) is 4. The number of carbonyl (C=O) groups excluding carboxylic acids is 1. The van der Waals surface area contributed by atoms with Gasteiger partial charge in [-0.15, -0.1) is 0 Å². The van der Waals surface area contributed by atoms with Gasteiger partial charge in [0.15, 0.2) is 0 Å². The summed E-state index contributed by atoms with van der Waals surface area (Å²) in [5.41, 5.74) is 1.83. The van der Waals surface area contributed by atoms with Crippen molar-refractivity contribution < 1.29 is 13.2 Å². The van der Waals surface area contributed by atoms with Crippen LogP contribution in [0.5, 0.6) is 0 Å². The third kappa shape index (κ3) is 3.18. The standard InChI is InChI=1S/C12H20N4O3S/c1-9-7-10(2)16(13-9)11(3)8-12(17)14-20(18,19)15-5-4-6-15/h7,11H,4-6,8H2,1-3H3,(H,14,17). The molecule has 1 amide bonds. The molecule has 0 saturated carbocycles. The molecular formula is C12H20N4O3S. The summed E-state index contributed by atoms with van der Waals surface area (Å²) >= 11 is 0. The van der Waals surface area contributed by atoms with Crippen LogP contribution in [0.2, 0.25) is 0 Å². The van der Waals surface area contributed by atoms with Gasteiger partial charge in [0.1, 0.15) is 0 Å². The van der Waals surface area contributed by atoms with Crippen LogP contribution < -0.4 is 4.72 Å². The molecule has 2 rings (SSSR count). The number of carbonyl (C=O) groups is 1. The lowest BCUT2D eigenvalue weighted by Gasteiger charge is -2.29. The summed E-state index contributed by atoms with van der Waals surface area (Å²) in [5, 5.41) is 4.30. The van der Waals surface area contributed by atoms with E-state index in [1.807, 2.05) is 26.8 Å². The van der Waals surface area contributed by atoms with Crippen LogP contribution in [-0.4, -0.2) is 41.5 Å². The minimum atomic E-state index is -3.65. The van der Waals surface area contributed by atoms with E-state index in [0.29, 0.717) is 13.1 Å². The zero-order valence-corrected chi connectivity index (χ0v) is 12.8. The van der Waals surface area contributed by atoms with Crippen molar-refractivity contribution in [1.29, 1.82) is 0 Å². The van der Waals surface area contributed by atoms with Crippen molar-refractivity contribution >= 4 is 16.1 Å². The first-order valence-corrected chi connectivity index (χ1v) is 8.07. The second kappa shape index (κ2) is 5.53. The van der Waals surface area contributed by atoms with Gasteiger partial charge in [0.2, 0.25) is 5.91 Å². The van der Waals surface area contributed by atoms with Gasteiger partial charge in [-0.2, -0.15) is 17.8 Å². The van der Waals surface area contributed by atoms with Gasteiger partial charge in [0.05, 0.1) is 11.7 Å². The second-order valence-corrected chi connectivity index (χ2v) is 6.88. The van der Waals surface area contributed by atoms with Gasteiger partial charge in [0, 0.05) is 25.2 Å². The number of nitrogens with zero attached hydrogens (tertiary/aromatic N) is 3. The number of amides is 1. The van der Waals surface area contributed by atoms with E-state index in [2.05, 4.69) is 9.82 Å². The number of nitrogens with one attached hydrogen (secondary N) is 1. The molecular weight excluding hydrogens is 280 g/mol. The van der Waals surface area contributed by atoms with Crippen LogP contribution in [0.1, 0.15) is 37.2 Å². The maximum Gasteiger partial charge on any atom is 0.303 e. The molecule has 1 unspecified atom stereocenters. The van der Waals surface area contributed by atoms with Crippen molar-refractivity contribution in [2.45, 2.75) is 39.7 Å². The van der Waals surface area contributed by atoms with E-state index in [1.54, 1.807) is 4.68 Å². The molecule has 1 saturated heterocycles. The molecule has 20 heavy (non-hydrogen) atoms. The Morgan fingerprint density at radius 1 is 1.45 bits per heavy atom. The van der Waals surface area contributed by atoms with Crippen LogP contribution >= 0.6 is 0 Å². The lowest BCUT2D eigenvalue weighted by atomic mass is 10.2. The summed E-state index contributed by atoms with van der Waals surface area (Å²) in [7, 11) is -3.65. The summed E-state index contributed by atoms with van der Waals surface area (Å²) in [6.07, 6.45) is 0.923. The highest BCUT2D eigenvalue weighted by Gasteiger charge is 2.29. The maximum atomic E-state index is 11.8. The Morgan fingerprint density at radius 2 is 2.10 bits per heavy atom. The summed E-state index contributed by atoms with van der Waals surface area (Å²) in [4.78, 5) is 11.8. The molecule has 1 atom stereocenters. The van der Waals surface area contributed by atoms with E-state index < -0.39 is 16.1 Å². The van der Waals surface area contributed by atoms with Gasteiger partial charge in [-0.1, -0.05) is 0 Å². The lowest BCUT2D eigenvalue weighted by molar-refractivity contribution is -0.120. The van der Waals surface area contributed by atoms with E-state index >= 15 is 0 Å². The Kier molecular flexibility index (Phi) is 4.14. The van der Waals surface area contributed by atoms with E-state index in [0.717, 1.165) is 17.8 Å². The maximum absolute atomic E-state index is 11.8. The van der Waals surface area contributed by atoms with Crippen LogP contribution in [0.4, 0.5) is 0 Å². The monoisotopic (exact) mass is 300 g/mol. The predicted octanol–water partition coefficient (Wildman–Crippen LogP) is 0.518. The highest BCUT2D eigenvalue weighted by molar-refractivity contribution is 7.87. The number of aryl methyl sites for hydroxylation is 2. The normalized spacial score (nSPS) is 17.6. The van der Waals surface area contributed by atoms with E-state index in [4.69, 9.17) is 0 Å². The van der Waals surface area contributed by atoms with Gasteiger partial charge in [0.25, 0.3) is 0 Å². The SMILES string of the molecule is Cc1cc(C)n(C(C)CC(=O)NS(=O)(=O)N2CCC2)n1. The zero-order valence-electron chi connectivity index (χ0n) is 12.0. The molecule has 1 aromatic rings. The van der Waals surface area contributed by atoms with E-state index in [-0.39, 0.29) is 12.5 Å². The van der Waals surface area contributed by atoms with Crippen LogP contribution in [0.3, 0.4) is 0 Å². The van der Waals surface area contributed by atoms with Crippen LogP contribution in [0.15, 0.2) is 6.07 Å². The molecule has 0 radical (unpaired) electrons. The minimum absolute atomic E-state index is 0.0784. The Hall–Kier alpha value is -1.41. The molecule has 1 aliphatic heterocycles. The third-order valence-electron chi connectivity index (χ3n) is 3.34. The molecule has 2 heterocycles. The molecule has 0 bridgehead atoms.